The molecule has 0 radical (unpaired) electrons. The Bertz CT molecular complexity index is 2760. The molecule has 0 bridgehead atoms. The molecule has 4 heteroatoms. The number of para-hydroxylation sites is 1. The lowest BCUT2D eigenvalue weighted by molar-refractivity contribution is 0.669. The van der Waals surface area contributed by atoms with Gasteiger partial charge in [0.2, 0.25) is 5.95 Å². The van der Waals surface area contributed by atoms with Crippen molar-refractivity contribution in [2.45, 2.75) is 0 Å². The van der Waals surface area contributed by atoms with Gasteiger partial charge in [-0.05, 0) is 87.1 Å². The zero-order chi connectivity index (χ0) is 31.6. The third-order valence-electron chi connectivity index (χ3n) is 9.46. The lowest BCUT2D eigenvalue weighted by Crippen LogP contribution is -2.00. The van der Waals surface area contributed by atoms with Crippen LogP contribution in [0.4, 0.5) is 0 Å². The molecule has 0 aliphatic rings. The van der Waals surface area contributed by atoms with Crippen LogP contribution >= 0.6 is 0 Å². The molecule has 48 heavy (non-hydrogen) atoms. The minimum atomic E-state index is 0.630. The fourth-order valence-electron chi connectivity index (χ4n) is 7.20. The maximum Gasteiger partial charge on any atom is 0.234 e. The molecule has 7 aromatic carbocycles. The van der Waals surface area contributed by atoms with Gasteiger partial charge in [-0.1, -0.05) is 103 Å². The van der Waals surface area contributed by atoms with Gasteiger partial charge in [0, 0.05) is 39.5 Å². The molecule has 0 spiro atoms. The van der Waals surface area contributed by atoms with Crippen LogP contribution in [0.5, 0.6) is 0 Å². The zero-order valence-corrected chi connectivity index (χ0v) is 25.8. The first kappa shape index (κ1) is 26.7. The third-order valence-corrected chi connectivity index (χ3v) is 9.46. The second-order valence-electron chi connectivity index (χ2n) is 12.3. The Morgan fingerprint density at radius 3 is 1.67 bits per heavy atom. The molecule has 0 unspecified atom stereocenters. The van der Waals surface area contributed by atoms with Crippen molar-refractivity contribution in [3.8, 4) is 39.3 Å². The van der Waals surface area contributed by atoms with E-state index in [9.17, 15) is 0 Å². The highest BCUT2D eigenvalue weighted by molar-refractivity contribution is 6.28. The van der Waals surface area contributed by atoms with Crippen molar-refractivity contribution in [3.63, 3.8) is 0 Å². The van der Waals surface area contributed by atoms with E-state index in [2.05, 4.69) is 156 Å². The summed E-state index contributed by atoms with van der Waals surface area (Å²) in [6.45, 7) is 0. The van der Waals surface area contributed by atoms with Crippen LogP contribution < -0.4 is 0 Å². The van der Waals surface area contributed by atoms with Crippen LogP contribution in [0.25, 0.3) is 93.8 Å². The van der Waals surface area contributed by atoms with Gasteiger partial charge in [0.25, 0.3) is 0 Å². The van der Waals surface area contributed by atoms with E-state index in [0.717, 1.165) is 66.0 Å². The summed E-state index contributed by atoms with van der Waals surface area (Å²) in [4.78, 5) is 10.0. The summed E-state index contributed by atoms with van der Waals surface area (Å²) >= 11 is 0. The third kappa shape index (κ3) is 4.16. The van der Waals surface area contributed by atoms with Crippen LogP contribution in [0.3, 0.4) is 0 Å². The van der Waals surface area contributed by atoms with Crippen LogP contribution in [0.15, 0.2) is 168 Å². The summed E-state index contributed by atoms with van der Waals surface area (Å²) in [5, 5.41) is 6.88. The molecule has 0 saturated heterocycles. The topological polar surface area (TPSA) is 43.9 Å². The Morgan fingerprint density at radius 2 is 0.979 bits per heavy atom. The van der Waals surface area contributed by atoms with Gasteiger partial charge >= 0.3 is 0 Å². The van der Waals surface area contributed by atoms with Gasteiger partial charge < -0.3 is 4.42 Å². The molecule has 0 atom stereocenters. The molecule has 10 aromatic rings. The molecule has 0 saturated carbocycles. The van der Waals surface area contributed by atoms with Crippen molar-refractivity contribution in [2.75, 3.05) is 0 Å². The van der Waals surface area contributed by atoms with Crippen molar-refractivity contribution in [1.82, 2.24) is 14.5 Å². The van der Waals surface area contributed by atoms with Crippen LogP contribution in [0, 0.1) is 0 Å². The zero-order valence-electron chi connectivity index (χ0n) is 25.8. The highest BCUT2D eigenvalue weighted by atomic mass is 16.3. The van der Waals surface area contributed by atoms with Crippen LogP contribution in [0.1, 0.15) is 0 Å². The summed E-state index contributed by atoms with van der Waals surface area (Å²) in [5.74, 6) is 0.630. The molecule has 0 amide bonds. The summed E-state index contributed by atoms with van der Waals surface area (Å²) in [6.07, 6.45) is 3.89. The molecule has 3 aromatic heterocycles. The summed E-state index contributed by atoms with van der Waals surface area (Å²) in [7, 11) is 0. The summed E-state index contributed by atoms with van der Waals surface area (Å²) < 4.78 is 8.61. The van der Waals surface area contributed by atoms with Gasteiger partial charge in [-0.3, -0.25) is 4.57 Å². The number of nitrogens with zero attached hydrogens (tertiary/aromatic N) is 3. The van der Waals surface area contributed by atoms with Crippen molar-refractivity contribution in [3.05, 3.63) is 164 Å². The quantitative estimate of drug-likeness (QED) is 0.198. The Balaban J connectivity index is 1.15. The average Bonchev–Trinajstić information content (AvgIpc) is 3.69. The molecule has 4 nitrogen and oxygen atoms in total. The predicted molar refractivity (Wildman–Crippen MR) is 197 cm³/mol. The summed E-state index contributed by atoms with van der Waals surface area (Å²) in [6, 6.07) is 53.3. The second kappa shape index (κ2) is 10.5. The lowest BCUT2D eigenvalue weighted by Gasteiger charge is -2.12. The van der Waals surface area contributed by atoms with Crippen molar-refractivity contribution in [1.29, 1.82) is 0 Å². The Hall–Kier alpha value is -6.52. The number of aromatic nitrogens is 3. The SMILES string of the molecule is c1ccc(-c2cc(-c3ccccc3)cc(-c3cnc(-n4c5ccccc5c5c6c(ccc54)oc4cc5ccccc5cc46)nc3)c2)cc1. The lowest BCUT2D eigenvalue weighted by atomic mass is 9.94. The minimum Gasteiger partial charge on any atom is -0.456 e. The average molecular weight is 614 g/mol. The first-order valence-electron chi connectivity index (χ1n) is 16.1. The smallest absolute Gasteiger partial charge is 0.234 e. The highest BCUT2D eigenvalue weighted by Gasteiger charge is 2.20. The van der Waals surface area contributed by atoms with Gasteiger partial charge in [-0.2, -0.15) is 0 Å². The largest absolute Gasteiger partial charge is 0.456 e. The number of benzene rings is 7. The normalized spacial score (nSPS) is 11.8. The summed E-state index contributed by atoms with van der Waals surface area (Å²) in [5.41, 5.74) is 10.6. The van der Waals surface area contributed by atoms with Gasteiger partial charge in [0.05, 0.1) is 11.0 Å². The Kier molecular flexibility index (Phi) is 5.84. The van der Waals surface area contributed by atoms with E-state index in [4.69, 9.17) is 14.4 Å². The molecule has 0 aliphatic heterocycles. The monoisotopic (exact) mass is 613 g/mol. The molecule has 0 fully saturated rings. The minimum absolute atomic E-state index is 0.630. The van der Waals surface area contributed by atoms with Crippen molar-refractivity contribution < 1.29 is 4.42 Å². The maximum absolute atomic E-state index is 6.44. The Morgan fingerprint density at radius 1 is 0.396 bits per heavy atom. The fraction of sp³-hybridized carbons (Fsp3) is 0. The second-order valence-corrected chi connectivity index (χ2v) is 12.3. The van der Waals surface area contributed by atoms with Crippen LogP contribution in [-0.4, -0.2) is 14.5 Å². The van der Waals surface area contributed by atoms with Crippen molar-refractivity contribution in [2.24, 2.45) is 0 Å². The molecule has 224 valence electrons. The number of furan rings is 1. The molecule has 0 N–H and O–H groups in total. The Labute approximate surface area is 276 Å². The first-order valence-corrected chi connectivity index (χ1v) is 16.1. The van der Waals surface area contributed by atoms with E-state index in [1.54, 1.807) is 0 Å². The van der Waals surface area contributed by atoms with Crippen LogP contribution in [-0.2, 0) is 0 Å². The molecular weight excluding hydrogens is 587 g/mol. The van der Waals surface area contributed by atoms with E-state index < -0.39 is 0 Å². The van der Waals surface area contributed by atoms with Gasteiger partial charge in [0.15, 0.2) is 0 Å². The fourth-order valence-corrected chi connectivity index (χ4v) is 7.20. The van der Waals surface area contributed by atoms with E-state index in [1.165, 1.54) is 21.9 Å². The number of rotatable bonds is 4. The maximum atomic E-state index is 6.44. The van der Waals surface area contributed by atoms with Crippen molar-refractivity contribution >= 4 is 54.5 Å². The molecule has 3 heterocycles. The molecule has 10 rings (SSSR count). The van der Waals surface area contributed by atoms with Crippen LogP contribution in [0.2, 0.25) is 0 Å². The van der Waals surface area contributed by atoms with E-state index in [1.807, 2.05) is 12.4 Å². The van der Waals surface area contributed by atoms with Gasteiger partial charge in [0.1, 0.15) is 11.2 Å². The number of hydrogen-bond donors (Lipinski definition) is 0. The highest BCUT2D eigenvalue weighted by Crippen LogP contribution is 2.42. The van der Waals surface area contributed by atoms with E-state index >= 15 is 0 Å². The number of hydrogen-bond acceptors (Lipinski definition) is 3. The first-order chi connectivity index (χ1) is 23.8. The predicted octanol–water partition coefficient (Wildman–Crippen LogP) is 11.6. The standard InChI is InChI=1S/C44H27N3O/c1-3-11-28(12-4-1)32-21-33(29-13-5-2-6-14-29)23-34(22-32)35-26-45-44(46-27-35)47-38-18-10-9-17-36(38)42-39(47)19-20-40-43(42)37-24-30-15-7-8-16-31(30)25-41(37)48-40/h1-27H. The van der Waals surface area contributed by atoms with Gasteiger partial charge in [-0.15, -0.1) is 0 Å². The van der Waals surface area contributed by atoms with Gasteiger partial charge in [-0.25, -0.2) is 9.97 Å². The molecular formula is C44H27N3O. The van der Waals surface area contributed by atoms with E-state index in [-0.39, 0.29) is 0 Å². The van der Waals surface area contributed by atoms with E-state index in [0.29, 0.717) is 5.95 Å². The number of fused-ring (bicyclic) bond motifs is 8. The molecule has 0 aliphatic carbocycles.